The molecular formula is C11H13FN2O3. The fourth-order valence-corrected chi connectivity index (χ4v) is 1.18. The van der Waals surface area contributed by atoms with Gasteiger partial charge in [0.2, 0.25) is 0 Å². The number of halogens is 1. The van der Waals surface area contributed by atoms with E-state index < -0.39 is 23.7 Å². The summed E-state index contributed by atoms with van der Waals surface area (Å²) in [5, 5.41) is 2.37. The highest BCUT2D eigenvalue weighted by atomic mass is 19.1. The molecule has 1 aromatic carbocycles. The third-order valence-corrected chi connectivity index (χ3v) is 2.16. The molecule has 92 valence electrons. The van der Waals surface area contributed by atoms with Crippen LogP contribution in [-0.4, -0.2) is 25.0 Å². The summed E-state index contributed by atoms with van der Waals surface area (Å²) < 4.78 is 17.5. The summed E-state index contributed by atoms with van der Waals surface area (Å²) >= 11 is 0. The van der Waals surface area contributed by atoms with E-state index in [1.54, 1.807) is 0 Å². The average molecular weight is 240 g/mol. The van der Waals surface area contributed by atoms with E-state index in [0.29, 0.717) is 0 Å². The standard InChI is InChI=1S/C11H13FN2O3/c1-6(11(16)17-2)14-10(15)7-3-4-9(13)8(12)5-7/h3-6H,13H2,1-2H3,(H,14,15). The first-order chi connectivity index (χ1) is 7.95. The smallest absolute Gasteiger partial charge is 0.328 e. The number of nitrogens with one attached hydrogen (secondary N) is 1. The minimum atomic E-state index is -0.798. The van der Waals surface area contributed by atoms with Crippen LogP contribution in [0.3, 0.4) is 0 Å². The quantitative estimate of drug-likeness (QED) is 0.602. The zero-order valence-corrected chi connectivity index (χ0v) is 9.49. The van der Waals surface area contributed by atoms with Crippen molar-refractivity contribution in [2.45, 2.75) is 13.0 Å². The number of anilines is 1. The van der Waals surface area contributed by atoms with Crippen molar-refractivity contribution in [2.75, 3.05) is 12.8 Å². The summed E-state index contributed by atoms with van der Waals surface area (Å²) in [7, 11) is 1.22. The number of benzene rings is 1. The molecule has 1 aromatic rings. The number of rotatable bonds is 3. The molecule has 1 unspecified atom stereocenters. The van der Waals surface area contributed by atoms with Crippen molar-refractivity contribution in [2.24, 2.45) is 0 Å². The number of carbonyl (C=O) groups excluding carboxylic acids is 2. The number of ether oxygens (including phenoxy) is 1. The van der Waals surface area contributed by atoms with Gasteiger partial charge in [-0.2, -0.15) is 0 Å². The van der Waals surface area contributed by atoms with Crippen molar-refractivity contribution < 1.29 is 18.7 Å². The van der Waals surface area contributed by atoms with E-state index in [4.69, 9.17) is 5.73 Å². The molecule has 3 N–H and O–H groups in total. The second-order valence-electron chi connectivity index (χ2n) is 3.45. The third kappa shape index (κ3) is 3.17. The fourth-order valence-electron chi connectivity index (χ4n) is 1.18. The lowest BCUT2D eigenvalue weighted by atomic mass is 10.1. The Labute approximate surface area is 97.7 Å². The summed E-state index contributed by atoms with van der Waals surface area (Å²) in [5.74, 6) is -1.82. The molecule has 6 heteroatoms. The number of methoxy groups -OCH3 is 1. The van der Waals surface area contributed by atoms with E-state index >= 15 is 0 Å². The van der Waals surface area contributed by atoms with Crippen molar-refractivity contribution in [3.63, 3.8) is 0 Å². The first kappa shape index (κ1) is 13.0. The van der Waals surface area contributed by atoms with E-state index in [9.17, 15) is 14.0 Å². The van der Waals surface area contributed by atoms with Gasteiger partial charge in [-0.3, -0.25) is 4.79 Å². The molecule has 1 rings (SSSR count). The molecule has 0 saturated carbocycles. The Morgan fingerprint density at radius 1 is 1.47 bits per heavy atom. The van der Waals surface area contributed by atoms with Crippen LogP contribution in [0.5, 0.6) is 0 Å². The van der Waals surface area contributed by atoms with Crippen LogP contribution in [0, 0.1) is 5.82 Å². The molecule has 0 spiro atoms. The van der Waals surface area contributed by atoms with Gasteiger partial charge in [0.25, 0.3) is 5.91 Å². The van der Waals surface area contributed by atoms with E-state index in [1.807, 2.05) is 0 Å². The summed E-state index contributed by atoms with van der Waals surface area (Å²) in [6.07, 6.45) is 0. The second kappa shape index (κ2) is 5.29. The monoisotopic (exact) mass is 240 g/mol. The van der Waals surface area contributed by atoms with Crippen molar-refractivity contribution >= 4 is 17.6 Å². The van der Waals surface area contributed by atoms with E-state index in [-0.39, 0.29) is 11.3 Å². The minimum Gasteiger partial charge on any atom is -0.467 e. The maximum Gasteiger partial charge on any atom is 0.328 e. The van der Waals surface area contributed by atoms with E-state index in [0.717, 1.165) is 6.07 Å². The lowest BCUT2D eigenvalue weighted by Crippen LogP contribution is -2.39. The molecule has 0 saturated heterocycles. The lowest BCUT2D eigenvalue weighted by Gasteiger charge is -2.11. The third-order valence-electron chi connectivity index (χ3n) is 2.16. The van der Waals surface area contributed by atoms with Crippen LogP contribution in [0.25, 0.3) is 0 Å². The molecule has 0 radical (unpaired) electrons. The Kier molecular flexibility index (Phi) is 4.03. The van der Waals surface area contributed by atoms with Crippen LogP contribution in [0.2, 0.25) is 0 Å². The number of hydrogen-bond acceptors (Lipinski definition) is 4. The summed E-state index contributed by atoms with van der Waals surface area (Å²) in [6.45, 7) is 1.47. The van der Waals surface area contributed by atoms with Crippen LogP contribution in [0.15, 0.2) is 18.2 Å². The van der Waals surface area contributed by atoms with Crippen LogP contribution in [0.4, 0.5) is 10.1 Å². The number of amides is 1. The molecule has 0 heterocycles. The van der Waals surface area contributed by atoms with Crippen LogP contribution < -0.4 is 11.1 Å². The molecule has 0 fully saturated rings. The molecule has 17 heavy (non-hydrogen) atoms. The Hall–Kier alpha value is -2.11. The van der Waals surface area contributed by atoms with Gasteiger partial charge in [0, 0.05) is 5.56 Å². The number of carbonyl (C=O) groups is 2. The summed E-state index contributed by atoms with van der Waals surface area (Å²) in [5.41, 5.74) is 5.33. The van der Waals surface area contributed by atoms with Crippen LogP contribution in [0.1, 0.15) is 17.3 Å². The number of esters is 1. The van der Waals surface area contributed by atoms with Crippen molar-refractivity contribution in [3.05, 3.63) is 29.6 Å². The number of nitrogens with two attached hydrogens (primary N) is 1. The summed E-state index contributed by atoms with van der Waals surface area (Å²) in [4.78, 5) is 22.7. The van der Waals surface area contributed by atoms with Crippen molar-refractivity contribution in [1.29, 1.82) is 0 Å². The Morgan fingerprint density at radius 3 is 2.65 bits per heavy atom. The zero-order chi connectivity index (χ0) is 13.0. The van der Waals surface area contributed by atoms with Gasteiger partial charge in [-0.15, -0.1) is 0 Å². The predicted octanol–water partition coefficient (Wildman–Crippen LogP) is 0.699. The van der Waals surface area contributed by atoms with Crippen molar-refractivity contribution in [1.82, 2.24) is 5.32 Å². The van der Waals surface area contributed by atoms with Gasteiger partial charge >= 0.3 is 5.97 Å². The van der Waals surface area contributed by atoms with Gasteiger partial charge in [0.15, 0.2) is 0 Å². The maximum absolute atomic E-state index is 13.1. The molecule has 0 aliphatic heterocycles. The Balaban J connectivity index is 2.76. The maximum atomic E-state index is 13.1. The molecule has 0 bridgehead atoms. The second-order valence-corrected chi connectivity index (χ2v) is 3.45. The molecular weight excluding hydrogens is 227 g/mol. The lowest BCUT2D eigenvalue weighted by molar-refractivity contribution is -0.142. The fraction of sp³-hybridized carbons (Fsp3) is 0.273. The topological polar surface area (TPSA) is 81.4 Å². The number of hydrogen-bond donors (Lipinski definition) is 2. The van der Waals surface area contributed by atoms with Gasteiger partial charge in [-0.1, -0.05) is 0 Å². The predicted molar refractivity (Wildman–Crippen MR) is 59.8 cm³/mol. The average Bonchev–Trinajstić information content (AvgIpc) is 2.31. The first-order valence-corrected chi connectivity index (χ1v) is 4.89. The molecule has 0 aliphatic carbocycles. The van der Waals surface area contributed by atoms with Gasteiger partial charge in [-0.05, 0) is 25.1 Å². The van der Waals surface area contributed by atoms with Gasteiger partial charge < -0.3 is 15.8 Å². The molecule has 0 aliphatic rings. The van der Waals surface area contributed by atoms with Gasteiger partial charge in [0.05, 0.1) is 12.8 Å². The highest BCUT2D eigenvalue weighted by Crippen LogP contribution is 2.11. The first-order valence-electron chi connectivity index (χ1n) is 4.89. The van der Waals surface area contributed by atoms with Gasteiger partial charge in [0.1, 0.15) is 11.9 Å². The molecule has 5 nitrogen and oxygen atoms in total. The zero-order valence-electron chi connectivity index (χ0n) is 9.49. The highest BCUT2D eigenvalue weighted by Gasteiger charge is 2.17. The minimum absolute atomic E-state index is 0.0393. The molecule has 1 atom stereocenters. The Morgan fingerprint density at radius 2 is 2.12 bits per heavy atom. The van der Waals surface area contributed by atoms with E-state index in [1.165, 1.54) is 26.2 Å². The number of nitrogen functional groups attached to an aromatic ring is 1. The largest absolute Gasteiger partial charge is 0.467 e. The molecule has 1 amide bonds. The summed E-state index contributed by atoms with van der Waals surface area (Å²) in [6, 6.07) is 2.87. The van der Waals surface area contributed by atoms with Crippen LogP contribution in [-0.2, 0) is 9.53 Å². The Bertz CT molecular complexity index is 448. The van der Waals surface area contributed by atoms with Gasteiger partial charge in [-0.25, -0.2) is 9.18 Å². The van der Waals surface area contributed by atoms with Crippen LogP contribution >= 0.6 is 0 Å². The normalized spacial score (nSPS) is 11.7. The van der Waals surface area contributed by atoms with Crippen molar-refractivity contribution in [3.8, 4) is 0 Å². The molecule has 0 aromatic heterocycles. The highest BCUT2D eigenvalue weighted by molar-refractivity contribution is 5.96. The SMILES string of the molecule is COC(=O)C(C)NC(=O)c1ccc(N)c(F)c1. The van der Waals surface area contributed by atoms with E-state index in [2.05, 4.69) is 10.1 Å².